The van der Waals surface area contributed by atoms with E-state index in [0.29, 0.717) is 15.6 Å². The minimum atomic E-state index is -0.0313. The van der Waals surface area contributed by atoms with E-state index in [1.54, 1.807) is 0 Å². The summed E-state index contributed by atoms with van der Waals surface area (Å²) in [5.74, 6) is 2.35. The number of para-hydroxylation sites is 1. The molecule has 27 heavy (non-hydrogen) atoms. The number of rotatable bonds is 7. The number of hydrogen-bond donors (Lipinski definition) is 1. The molecule has 1 aromatic heterocycles. The maximum atomic E-state index is 12.1. The molecule has 0 spiro atoms. The van der Waals surface area contributed by atoms with E-state index in [1.807, 2.05) is 61.5 Å². The normalized spacial score (nSPS) is 10.6. The molecule has 0 fully saturated rings. The van der Waals surface area contributed by atoms with Crippen molar-refractivity contribution in [2.75, 3.05) is 6.61 Å². The van der Waals surface area contributed by atoms with Crippen LogP contribution in [0, 0.1) is 6.92 Å². The lowest BCUT2D eigenvalue weighted by atomic mass is 10.2. The van der Waals surface area contributed by atoms with Crippen LogP contribution in [0.25, 0.3) is 0 Å². The van der Waals surface area contributed by atoms with Gasteiger partial charge in [0.05, 0.1) is 15.6 Å². The van der Waals surface area contributed by atoms with Gasteiger partial charge in [-0.05, 0) is 88.0 Å². The molecule has 3 rings (SSSR count). The summed E-state index contributed by atoms with van der Waals surface area (Å²) < 4.78 is 12.7. The maximum Gasteiger partial charge on any atom is 0.210 e. The molecule has 0 amide bonds. The van der Waals surface area contributed by atoms with Gasteiger partial charge in [-0.15, -0.1) is 0 Å². The van der Waals surface area contributed by atoms with Crippen molar-refractivity contribution in [1.82, 2.24) is 4.98 Å². The quantitative estimate of drug-likeness (QED) is 0.411. The van der Waals surface area contributed by atoms with E-state index in [2.05, 4.69) is 36.8 Å². The molecular weight excluding hydrogens is 474 g/mol. The Hall–Kier alpha value is -2.05. The average molecular weight is 493 g/mol. The Morgan fingerprint density at radius 1 is 0.889 bits per heavy atom. The third kappa shape index (κ3) is 5.23. The Labute approximate surface area is 174 Å². The lowest BCUT2D eigenvalue weighted by molar-refractivity contribution is 0.310. The second-order valence-corrected chi connectivity index (χ2v) is 7.61. The highest BCUT2D eigenvalue weighted by Gasteiger charge is 2.10. The molecule has 140 valence electrons. The number of aromatic nitrogens is 1. The summed E-state index contributed by atoms with van der Waals surface area (Å²) in [6, 6.07) is 17.2. The minimum Gasteiger partial charge on any atom is -0.494 e. The van der Waals surface area contributed by atoms with Gasteiger partial charge in [-0.3, -0.25) is 4.79 Å². The van der Waals surface area contributed by atoms with Gasteiger partial charge in [0.2, 0.25) is 5.43 Å². The minimum absolute atomic E-state index is 0.0313. The highest BCUT2D eigenvalue weighted by Crippen LogP contribution is 2.24. The number of benzene rings is 2. The van der Waals surface area contributed by atoms with E-state index in [-0.39, 0.29) is 5.43 Å². The molecule has 4 nitrogen and oxygen atoms in total. The van der Waals surface area contributed by atoms with Crippen LogP contribution in [0.3, 0.4) is 0 Å². The largest absolute Gasteiger partial charge is 0.494 e. The fraction of sp³-hybridized carbons (Fsp3) is 0.190. The summed E-state index contributed by atoms with van der Waals surface area (Å²) in [6.45, 7) is 2.43. The number of aromatic amines is 1. The Kier molecular flexibility index (Phi) is 6.74. The molecule has 0 saturated heterocycles. The van der Waals surface area contributed by atoms with E-state index >= 15 is 0 Å². The van der Waals surface area contributed by atoms with Gasteiger partial charge in [-0.25, -0.2) is 0 Å². The smallest absolute Gasteiger partial charge is 0.210 e. The third-order valence-electron chi connectivity index (χ3n) is 3.97. The summed E-state index contributed by atoms with van der Waals surface area (Å²) in [5.41, 5.74) is 1.68. The first kappa shape index (κ1) is 19.7. The zero-order valence-corrected chi connectivity index (χ0v) is 18.0. The lowest BCUT2D eigenvalue weighted by Gasteiger charge is -2.10. The average Bonchev–Trinajstić information content (AvgIpc) is 2.69. The fourth-order valence-electron chi connectivity index (χ4n) is 2.58. The fourth-order valence-corrected chi connectivity index (χ4v) is 3.64. The van der Waals surface area contributed by atoms with Gasteiger partial charge in [-0.2, -0.15) is 0 Å². The number of nitrogens with one attached hydrogen (secondary N) is 1. The number of ether oxygens (including phenoxy) is 2. The molecule has 0 aliphatic heterocycles. The standard InChI is InChI=1S/C21H19Br2NO3/c1-14-19(22)21(25)20(23)18(24-14)8-5-13-26-15-9-11-17(12-10-15)27-16-6-3-2-4-7-16/h2-4,6-7,9-12H,5,8,13H2,1H3,(H,24,25). The highest BCUT2D eigenvalue weighted by molar-refractivity contribution is 9.11. The van der Waals surface area contributed by atoms with Gasteiger partial charge >= 0.3 is 0 Å². The molecule has 1 heterocycles. The van der Waals surface area contributed by atoms with Crippen LogP contribution in [0.15, 0.2) is 68.3 Å². The van der Waals surface area contributed by atoms with Crippen molar-refractivity contribution in [1.29, 1.82) is 0 Å². The second-order valence-electron chi connectivity index (χ2n) is 6.02. The summed E-state index contributed by atoms with van der Waals surface area (Å²) in [5, 5.41) is 0. The monoisotopic (exact) mass is 491 g/mol. The van der Waals surface area contributed by atoms with Gasteiger partial charge in [0, 0.05) is 11.4 Å². The molecule has 3 aromatic rings. The van der Waals surface area contributed by atoms with Crippen LogP contribution in [0.5, 0.6) is 17.2 Å². The molecule has 6 heteroatoms. The van der Waals surface area contributed by atoms with Crippen LogP contribution in [0.1, 0.15) is 17.8 Å². The summed E-state index contributed by atoms with van der Waals surface area (Å²) in [7, 11) is 0. The van der Waals surface area contributed by atoms with Crippen LogP contribution in [0.4, 0.5) is 0 Å². The third-order valence-corrected chi connectivity index (χ3v) is 5.77. The number of halogens is 2. The Balaban J connectivity index is 1.50. The zero-order chi connectivity index (χ0) is 19.2. The van der Waals surface area contributed by atoms with Crippen LogP contribution in [0.2, 0.25) is 0 Å². The summed E-state index contributed by atoms with van der Waals surface area (Å²) in [4.78, 5) is 15.3. The van der Waals surface area contributed by atoms with Crippen molar-refractivity contribution in [3.05, 3.63) is 85.2 Å². The number of hydrogen-bond acceptors (Lipinski definition) is 3. The number of aryl methyl sites for hydroxylation is 2. The van der Waals surface area contributed by atoms with Crippen LogP contribution in [-0.2, 0) is 6.42 Å². The molecule has 1 N–H and O–H groups in total. The highest BCUT2D eigenvalue weighted by atomic mass is 79.9. The first-order chi connectivity index (χ1) is 13.0. The van der Waals surface area contributed by atoms with Crippen molar-refractivity contribution in [3.63, 3.8) is 0 Å². The van der Waals surface area contributed by atoms with Gasteiger partial charge in [0.25, 0.3) is 0 Å². The molecule has 0 saturated carbocycles. The van der Waals surface area contributed by atoms with Crippen molar-refractivity contribution in [2.24, 2.45) is 0 Å². The predicted octanol–water partition coefficient (Wildman–Crippen LogP) is 6.01. The lowest BCUT2D eigenvalue weighted by Crippen LogP contribution is -2.12. The van der Waals surface area contributed by atoms with Crippen molar-refractivity contribution >= 4 is 31.9 Å². The van der Waals surface area contributed by atoms with E-state index in [9.17, 15) is 4.79 Å². The van der Waals surface area contributed by atoms with Crippen LogP contribution in [-0.4, -0.2) is 11.6 Å². The van der Waals surface area contributed by atoms with Gasteiger partial charge in [-0.1, -0.05) is 18.2 Å². The SMILES string of the molecule is Cc1[nH]c(CCCOc2ccc(Oc3ccccc3)cc2)c(Br)c(=O)c1Br. The first-order valence-corrected chi connectivity index (χ1v) is 10.2. The topological polar surface area (TPSA) is 51.3 Å². The summed E-state index contributed by atoms with van der Waals surface area (Å²) >= 11 is 6.66. The number of H-pyrrole nitrogens is 1. The van der Waals surface area contributed by atoms with E-state index in [1.165, 1.54) is 0 Å². The molecule has 0 aliphatic carbocycles. The van der Waals surface area contributed by atoms with Crippen LogP contribution >= 0.6 is 31.9 Å². The summed E-state index contributed by atoms with van der Waals surface area (Å²) in [6.07, 6.45) is 1.51. The number of pyridine rings is 1. The van der Waals surface area contributed by atoms with E-state index < -0.39 is 0 Å². The predicted molar refractivity (Wildman–Crippen MR) is 114 cm³/mol. The molecule has 2 aromatic carbocycles. The molecule has 0 unspecified atom stereocenters. The molecule has 0 bridgehead atoms. The molecular formula is C21H19Br2NO3. The van der Waals surface area contributed by atoms with E-state index in [4.69, 9.17) is 9.47 Å². The van der Waals surface area contributed by atoms with Crippen LogP contribution < -0.4 is 14.9 Å². The zero-order valence-electron chi connectivity index (χ0n) is 14.8. The maximum absolute atomic E-state index is 12.1. The Morgan fingerprint density at radius 3 is 2.22 bits per heavy atom. The van der Waals surface area contributed by atoms with Crippen molar-refractivity contribution < 1.29 is 9.47 Å². The van der Waals surface area contributed by atoms with Gasteiger partial charge in [0.15, 0.2) is 0 Å². The van der Waals surface area contributed by atoms with Crippen molar-refractivity contribution in [2.45, 2.75) is 19.8 Å². The van der Waals surface area contributed by atoms with Gasteiger partial charge in [0.1, 0.15) is 17.2 Å². The second kappa shape index (κ2) is 9.24. The molecule has 0 radical (unpaired) electrons. The Bertz CT molecular complexity index is 954. The van der Waals surface area contributed by atoms with Crippen molar-refractivity contribution in [3.8, 4) is 17.2 Å². The van der Waals surface area contributed by atoms with E-state index in [0.717, 1.165) is 41.5 Å². The Morgan fingerprint density at radius 2 is 1.52 bits per heavy atom. The first-order valence-electron chi connectivity index (χ1n) is 8.57. The van der Waals surface area contributed by atoms with Gasteiger partial charge < -0.3 is 14.5 Å². The molecule has 0 aliphatic rings. The molecule has 0 atom stereocenters.